The Morgan fingerprint density at radius 3 is 0.846 bits per heavy atom. The second-order valence-electron chi connectivity index (χ2n) is 1.69. The molecule has 6 nitrogen and oxygen atoms in total. The van der Waals surface area contributed by atoms with Gasteiger partial charge in [0.05, 0.1) is 0 Å². The van der Waals surface area contributed by atoms with Crippen LogP contribution in [0.5, 0.6) is 0 Å². The molecule has 0 aliphatic heterocycles. The van der Waals surface area contributed by atoms with E-state index in [4.69, 9.17) is 0 Å². The van der Waals surface area contributed by atoms with Gasteiger partial charge in [-0.1, -0.05) is 0 Å². The fourth-order valence-corrected chi connectivity index (χ4v) is 0. The Balaban J connectivity index is -0.000000143. The zero-order valence-corrected chi connectivity index (χ0v) is 9.04. The number of rotatable bonds is 2. The Kier molecular flexibility index (Phi) is 12.5. The molecule has 0 bridgehead atoms. The van der Waals surface area contributed by atoms with Gasteiger partial charge in [-0.25, -0.2) is 0 Å². The standard InChI is InChI=1S/2C3H4O3.Pt/c2*1-2(4)3(5)6;/h2*1H3,(H,5,6);/q;;+2/p-2. The molecule has 76 valence electrons. The molecular formula is C6H6O6Pt. The second kappa shape index (κ2) is 9.06. The van der Waals surface area contributed by atoms with Crippen LogP contribution in [-0.2, 0) is 40.2 Å². The zero-order valence-electron chi connectivity index (χ0n) is 6.77. The molecule has 0 atom stereocenters. The van der Waals surface area contributed by atoms with E-state index >= 15 is 0 Å². The average molecular weight is 369 g/mol. The summed E-state index contributed by atoms with van der Waals surface area (Å²) in [5.74, 6) is -5.13. The maximum atomic E-state index is 9.48. The van der Waals surface area contributed by atoms with Crippen LogP contribution >= 0.6 is 0 Å². The first-order valence-electron chi connectivity index (χ1n) is 2.72. The van der Waals surface area contributed by atoms with Crippen LogP contribution in [0.15, 0.2) is 0 Å². The minimum atomic E-state index is -1.63. The van der Waals surface area contributed by atoms with Gasteiger partial charge >= 0.3 is 21.1 Å². The smallest absolute Gasteiger partial charge is 0.542 e. The van der Waals surface area contributed by atoms with Crippen molar-refractivity contribution in [2.45, 2.75) is 13.8 Å². The Morgan fingerprint density at radius 1 is 0.769 bits per heavy atom. The van der Waals surface area contributed by atoms with Crippen LogP contribution in [-0.4, -0.2) is 23.5 Å². The number of hydrogen-bond acceptors (Lipinski definition) is 6. The number of Topliss-reactive ketones (excluding diaryl/α,β-unsaturated/α-hetero) is 2. The topological polar surface area (TPSA) is 114 Å². The van der Waals surface area contributed by atoms with Crippen molar-refractivity contribution in [3.63, 3.8) is 0 Å². The molecule has 0 saturated carbocycles. The SMILES string of the molecule is CC(=O)C(=O)[O-].CC(=O)C(=O)[O-].[Pt+2]. The first kappa shape index (κ1) is 17.9. The Bertz CT molecular complexity index is 173. The third-order valence-corrected chi connectivity index (χ3v) is 0.575. The summed E-state index contributed by atoms with van der Waals surface area (Å²) >= 11 is 0. The largest absolute Gasteiger partial charge is 2.00 e. The molecular weight excluding hydrogens is 363 g/mol. The third-order valence-electron chi connectivity index (χ3n) is 0.575. The molecule has 0 amide bonds. The van der Waals surface area contributed by atoms with Crippen molar-refractivity contribution < 1.29 is 50.5 Å². The van der Waals surface area contributed by atoms with E-state index in [9.17, 15) is 29.4 Å². The van der Waals surface area contributed by atoms with Gasteiger partial charge in [-0.15, -0.1) is 0 Å². The van der Waals surface area contributed by atoms with Gasteiger partial charge in [0.15, 0.2) is 11.6 Å². The zero-order chi connectivity index (χ0) is 10.3. The van der Waals surface area contributed by atoms with Crippen molar-refractivity contribution in [3.05, 3.63) is 0 Å². The van der Waals surface area contributed by atoms with Crippen molar-refractivity contribution in [1.29, 1.82) is 0 Å². The number of ketones is 2. The van der Waals surface area contributed by atoms with E-state index in [0.717, 1.165) is 13.8 Å². The van der Waals surface area contributed by atoms with E-state index in [2.05, 4.69) is 0 Å². The third kappa shape index (κ3) is 18.2. The number of carboxylic acid groups (broad SMARTS) is 2. The molecule has 0 aliphatic rings. The van der Waals surface area contributed by atoms with Crippen molar-refractivity contribution >= 4 is 23.5 Å². The van der Waals surface area contributed by atoms with Crippen LogP contribution in [0.3, 0.4) is 0 Å². The number of carboxylic acids is 2. The monoisotopic (exact) mass is 369 g/mol. The fourth-order valence-electron chi connectivity index (χ4n) is 0. The first-order chi connectivity index (χ1) is 5.29. The summed E-state index contributed by atoms with van der Waals surface area (Å²) in [6.45, 7) is 1.88. The molecule has 0 heterocycles. The Labute approximate surface area is 88.2 Å². The summed E-state index contributed by atoms with van der Waals surface area (Å²) in [7, 11) is 0. The van der Waals surface area contributed by atoms with Crippen LogP contribution in [0.4, 0.5) is 0 Å². The van der Waals surface area contributed by atoms with E-state index in [1.54, 1.807) is 0 Å². The minimum Gasteiger partial charge on any atom is -0.542 e. The summed E-state index contributed by atoms with van der Waals surface area (Å²) in [5, 5.41) is 18.5. The predicted octanol–water partition coefficient (Wildman–Crippen LogP) is -3.35. The number of carbonyl (C=O) groups is 4. The Hall–Kier alpha value is -1.03. The van der Waals surface area contributed by atoms with Crippen LogP contribution < -0.4 is 10.2 Å². The van der Waals surface area contributed by atoms with Crippen LogP contribution in [0.1, 0.15) is 13.8 Å². The van der Waals surface area contributed by atoms with Gasteiger partial charge in [-0.2, -0.15) is 0 Å². The van der Waals surface area contributed by atoms with E-state index in [1.165, 1.54) is 0 Å². The molecule has 13 heavy (non-hydrogen) atoms. The quantitative estimate of drug-likeness (QED) is 0.470. The van der Waals surface area contributed by atoms with Crippen molar-refractivity contribution in [2.24, 2.45) is 0 Å². The maximum Gasteiger partial charge on any atom is 2.00 e. The summed E-state index contributed by atoms with van der Waals surface area (Å²) in [4.78, 5) is 37.4. The van der Waals surface area contributed by atoms with Gasteiger partial charge in [0, 0.05) is 13.8 Å². The summed E-state index contributed by atoms with van der Waals surface area (Å²) in [6.07, 6.45) is 0. The van der Waals surface area contributed by atoms with Gasteiger partial charge in [-0.05, 0) is 0 Å². The van der Waals surface area contributed by atoms with Crippen molar-refractivity contribution in [3.8, 4) is 0 Å². The average Bonchev–Trinajstić information content (AvgIpc) is 1.88. The minimum absolute atomic E-state index is 0. The fraction of sp³-hybridized carbons (Fsp3) is 0.333. The molecule has 0 fully saturated rings. The number of aliphatic carboxylic acids is 2. The van der Waals surface area contributed by atoms with Gasteiger partial charge in [-0.3, -0.25) is 9.59 Å². The van der Waals surface area contributed by atoms with Gasteiger partial charge in [0.25, 0.3) is 0 Å². The molecule has 7 heteroatoms. The summed E-state index contributed by atoms with van der Waals surface area (Å²) in [5.41, 5.74) is 0. The van der Waals surface area contributed by atoms with E-state index in [0.29, 0.717) is 0 Å². The van der Waals surface area contributed by atoms with Gasteiger partial charge < -0.3 is 19.8 Å². The van der Waals surface area contributed by atoms with Crippen molar-refractivity contribution in [1.82, 2.24) is 0 Å². The Morgan fingerprint density at radius 2 is 0.846 bits per heavy atom. The van der Waals surface area contributed by atoms with Crippen molar-refractivity contribution in [2.75, 3.05) is 0 Å². The van der Waals surface area contributed by atoms with E-state index in [1.807, 2.05) is 0 Å². The molecule has 0 aromatic heterocycles. The van der Waals surface area contributed by atoms with Crippen LogP contribution in [0.2, 0.25) is 0 Å². The van der Waals surface area contributed by atoms with Gasteiger partial charge in [0.2, 0.25) is 0 Å². The molecule has 0 saturated heterocycles. The molecule has 0 aromatic rings. The van der Waals surface area contributed by atoms with Crippen LogP contribution in [0, 0.1) is 0 Å². The second-order valence-corrected chi connectivity index (χ2v) is 1.69. The summed E-state index contributed by atoms with van der Waals surface area (Å²) < 4.78 is 0. The first-order valence-corrected chi connectivity index (χ1v) is 2.72. The molecule has 0 rings (SSSR count). The van der Waals surface area contributed by atoms with Gasteiger partial charge in [0.1, 0.15) is 11.9 Å². The summed E-state index contributed by atoms with van der Waals surface area (Å²) in [6, 6.07) is 0. The number of carbonyl (C=O) groups excluding carboxylic acids is 4. The van der Waals surface area contributed by atoms with E-state index in [-0.39, 0.29) is 21.1 Å². The normalized spacial score (nSPS) is 6.92. The molecule has 0 unspecified atom stereocenters. The molecule has 0 spiro atoms. The molecule has 0 aromatic carbocycles. The molecule has 0 N–H and O–H groups in total. The molecule has 0 aliphatic carbocycles. The van der Waals surface area contributed by atoms with E-state index < -0.39 is 23.5 Å². The predicted molar refractivity (Wildman–Crippen MR) is 31.4 cm³/mol. The molecule has 0 radical (unpaired) electrons. The number of hydrogen-bond donors (Lipinski definition) is 0. The van der Waals surface area contributed by atoms with Crippen LogP contribution in [0.25, 0.3) is 0 Å². The maximum absolute atomic E-state index is 9.48.